The van der Waals surface area contributed by atoms with Crippen molar-refractivity contribution in [3.8, 4) is 5.75 Å². The Labute approximate surface area is 92.4 Å². The summed E-state index contributed by atoms with van der Waals surface area (Å²) in [5.41, 5.74) is 7.98. The molecule has 2 heteroatoms. The Bertz CT molecular complexity index is 309. The highest BCUT2D eigenvalue weighted by Gasteiger charge is 2.06. The third kappa shape index (κ3) is 3.56. The molecule has 1 aromatic carbocycles. The molecule has 0 aliphatic rings. The molecule has 0 saturated heterocycles. The summed E-state index contributed by atoms with van der Waals surface area (Å²) in [5, 5.41) is 0. The maximum atomic E-state index is 5.87. The molecule has 1 rings (SSSR count). The highest BCUT2D eigenvalue weighted by Crippen LogP contribution is 2.22. The SMILES string of the molecule is Cc1cccc(OC(C)CCCN)c1C. The van der Waals surface area contributed by atoms with E-state index >= 15 is 0 Å². The van der Waals surface area contributed by atoms with Crippen LogP contribution < -0.4 is 10.5 Å². The zero-order valence-corrected chi connectivity index (χ0v) is 9.92. The van der Waals surface area contributed by atoms with Gasteiger partial charge in [0.1, 0.15) is 5.75 Å². The number of rotatable bonds is 5. The van der Waals surface area contributed by atoms with E-state index in [-0.39, 0.29) is 6.10 Å². The summed E-state index contributed by atoms with van der Waals surface area (Å²) in [6, 6.07) is 6.17. The fraction of sp³-hybridized carbons (Fsp3) is 0.538. The summed E-state index contributed by atoms with van der Waals surface area (Å²) in [7, 11) is 0. The van der Waals surface area contributed by atoms with Gasteiger partial charge in [0.2, 0.25) is 0 Å². The Balaban J connectivity index is 2.60. The fourth-order valence-corrected chi connectivity index (χ4v) is 1.53. The zero-order chi connectivity index (χ0) is 11.3. The lowest BCUT2D eigenvalue weighted by Crippen LogP contribution is -2.14. The van der Waals surface area contributed by atoms with Gasteiger partial charge in [0.15, 0.2) is 0 Å². The van der Waals surface area contributed by atoms with Crippen molar-refractivity contribution in [2.24, 2.45) is 5.73 Å². The van der Waals surface area contributed by atoms with E-state index in [1.807, 2.05) is 12.1 Å². The Morgan fingerprint density at radius 1 is 1.33 bits per heavy atom. The highest BCUT2D eigenvalue weighted by molar-refractivity contribution is 5.38. The number of aryl methyl sites for hydroxylation is 1. The van der Waals surface area contributed by atoms with Gasteiger partial charge in [-0.05, 0) is 57.4 Å². The van der Waals surface area contributed by atoms with Crippen molar-refractivity contribution in [3.05, 3.63) is 29.3 Å². The average Bonchev–Trinajstić information content (AvgIpc) is 2.22. The molecule has 0 aliphatic carbocycles. The van der Waals surface area contributed by atoms with Crippen molar-refractivity contribution < 1.29 is 4.74 Å². The van der Waals surface area contributed by atoms with Crippen LogP contribution in [-0.4, -0.2) is 12.6 Å². The predicted octanol–water partition coefficient (Wildman–Crippen LogP) is 2.81. The maximum absolute atomic E-state index is 5.87. The van der Waals surface area contributed by atoms with Gasteiger partial charge in [-0.25, -0.2) is 0 Å². The van der Waals surface area contributed by atoms with Gasteiger partial charge in [0, 0.05) is 0 Å². The van der Waals surface area contributed by atoms with E-state index < -0.39 is 0 Å². The van der Waals surface area contributed by atoms with Crippen LogP contribution in [0.5, 0.6) is 5.75 Å². The molecule has 1 atom stereocenters. The minimum absolute atomic E-state index is 0.244. The molecule has 1 aromatic rings. The molecule has 0 amide bonds. The molecule has 0 heterocycles. The van der Waals surface area contributed by atoms with Gasteiger partial charge in [-0.3, -0.25) is 0 Å². The van der Waals surface area contributed by atoms with E-state index in [1.165, 1.54) is 11.1 Å². The van der Waals surface area contributed by atoms with E-state index in [0.29, 0.717) is 0 Å². The Morgan fingerprint density at radius 2 is 2.07 bits per heavy atom. The monoisotopic (exact) mass is 207 g/mol. The van der Waals surface area contributed by atoms with Crippen molar-refractivity contribution in [1.29, 1.82) is 0 Å². The minimum Gasteiger partial charge on any atom is -0.490 e. The standard InChI is InChI=1S/C13H21NO/c1-10-6-4-8-13(12(10)3)15-11(2)7-5-9-14/h4,6,8,11H,5,7,9,14H2,1-3H3. The molecule has 15 heavy (non-hydrogen) atoms. The summed E-state index contributed by atoms with van der Waals surface area (Å²) in [4.78, 5) is 0. The summed E-state index contributed by atoms with van der Waals surface area (Å²) in [5.74, 6) is 1.000. The zero-order valence-electron chi connectivity index (χ0n) is 9.92. The van der Waals surface area contributed by atoms with Gasteiger partial charge in [-0.2, -0.15) is 0 Å². The topological polar surface area (TPSA) is 35.2 Å². The lowest BCUT2D eigenvalue weighted by molar-refractivity contribution is 0.207. The minimum atomic E-state index is 0.244. The predicted molar refractivity (Wildman–Crippen MR) is 64.3 cm³/mol. The largest absolute Gasteiger partial charge is 0.490 e. The summed E-state index contributed by atoms with van der Waals surface area (Å²) in [6.45, 7) is 7.03. The van der Waals surface area contributed by atoms with Crippen molar-refractivity contribution >= 4 is 0 Å². The van der Waals surface area contributed by atoms with Crippen molar-refractivity contribution in [1.82, 2.24) is 0 Å². The number of benzene rings is 1. The summed E-state index contributed by atoms with van der Waals surface area (Å²) >= 11 is 0. The van der Waals surface area contributed by atoms with Crippen molar-refractivity contribution in [2.45, 2.75) is 39.7 Å². The van der Waals surface area contributed by atoms with Crippen LogP contribution in [0.1, 0.15) is 30.9 Å². The van der Waals surface area contributed by atoms with E-state index in [4.69, 9.17) is 10.5 Å². The van der Waals surface area contributed by atoms with Crippen LogP contribution in [-0.2, 0) is 0 Å². The molecule has 0 fully saturated rings. The second-order valence-corrected chi connectivity index (χ2v) is 4.06. The smallest absolute Gasteiger partial charge is 0.122 e. The van der Waals surface area contributed by atoms with Crippen LogP contribution in [0.2, 0.25) is 0 Å². The molecule has 0 radical (unpaired) electrons. The van der Waals surface area contributed by atoms with Gasteiger partial charge >= 0.3 is 0 Å². The molecule has 0 saturated carbocycles. The number of hydrogen-bond donors (Lipinski definition) is 1. The first kappa shape index (κ1) is 12.1. The van der Waals surface area contributed by atoms with Crippen LogP contribution >= 0.6 is 0 Å². The van der Waals surface area contributed by atoms with E-state index in [0.717, 1.165) is 25.1 Å². The van der Waals surface area contributed by atoms with Gasteiger partial charge in [0.25, 0.3) is 0 Å². The Morgan fingerprint density at radius 3 is 2.73 bits per heavy atom. The number of hydrogen-bond acceptors (Lipinski definition) is 2. The van der Waals surface area contributed by atoms with Crippen molar-refractivity contribution in [3.63, 3.8) is 0 Å². The maximum Gasteiger partial charge on any atom is 0.122 e. The molecule has 2 nitrogen and oxygen atoms in total. The first-order chi connectivity index (χ1) is 7.15. The third-order valence-corrected chi connectivity index (χ3v) is 2.70. The molecule has 1 unspecified atom stereocenters. The van der Waals surface area contributed by atoms with Gasteiger partial charge < -0.3 is 10.5 Å². The third-order valence-electron chi connectivity index (χ3n) is 2.70. The molecule has 0 spiro atoms. The Hall–Kier alpha value is -1.02. The first-order valence-electron chi connectivity index (χ1n) is 5.58. The highest BCUT2D eigenvalue weighted by atomic mass is 16.5. The van der Waals surface area contributed by atoms with Gasteiger partial charge in [-0.15, -0.1) is 0 Å². The van der Waals surface area contributed by atoms with Crippen LogP contribution in [0.4, 0.5) is 0 Å². The molecule has 0 aromatic heterocycles. The lowest BCUT2D eigenvalue weighted by Gasteiger charge is -2.16. The molecular formula is C13H21NO. The molecule has 0 aliphatic heterocycles. The lowest BCUT2D eigenvalue weighted by atomic mass is 10.1. The van der Waals surface area contributed by atoms with Crippen LogP contribution in [0, 0.1) is 13.8 Å². The van der Waals surface area contributed by atoms with E-state index in [9.17, 15) is 0 Å². The second-order valence-electron chi connectivity index (χ2n) is 4.06. The molecule has 0 bridgehead atoms. The van der Waals surface area contributed by atoms with Crippen molar-refractivity contribution in [2.75, 3.05) is 6.54 Å². The normalized spacial score (nSPS) is 12.5. The summed E-state index contributed by atoms with van der Waals surface area (Å²) < 4.78 is 5.87. The Kier molecular flexibility index (Phi) is 4.63. The molecule has 84 valence electrons. The quantitative estimate of drug-likeness (QED) is 0.805. The van der Waals surface area contributed by atoms with Gasteiger partial charge in [0.05, 0.1) is 6.10 Å². The first-order valence-corrected chi connectivity index (χ1v) is 5.58. The van der Waals surface area contributed by atoms with E-state index in [1.54, 1.807) is 0 Å². The van der Waals surface area contributed by atoms with Crippen LogP contribution in [0.25, 0.3) is 0 Å². The van der Waals surface area contributed by atoms with Gasteiger partial charge in [-0.1, -0.05) is 12.1 Å². The average molecular weight is 207 g/mol. The summed E-state index contributed by atoms with van der Waals surface area (Å²) in [6.07, 6.45) is 2.28. The number of ether oxygens (including phenoxy) is 1. The van der Waals surface area contributed by atoms with E-state index in [2.05, 4.69) is 26.8 Å². The molecular weight excluding hydrogens is 186 g/mol. The number of nitrogens with two attached hydrogens (primary N) is 1. The van der Waals surface area contributed by atoms with Crippen LogP contribution in [0.3, 0.4) is 0 Å². The van der Waals surface area contributed by atoms with Crippen LogP contribution in [0.15, 0.2) is 18.2 Å². The second kappa shape index (κ2) is 5.76. The molecule has 2 N–H and O–H groups in total. The fourth-order valence-electron chi connectivity index (χ4n) is 1.53.